The van der Waals surface area contributed by atoms with E-state index in [9.17, 15) is 17.2 Å². The molecule has 0 aromatic heterocycles. The zero-order valence-corrected chi connectivity index (χ0v) is 9.43. The highest BCUT2D eigenvalue weighted by molar-refractivity contribution is 7.91. The van der Waals surface area contributed by atoms with Crippen molar-refractivity contribution in [1.82, 2.24) is 0 Å². The Bertz CT molecular complexity index is 460. The van der Waals surface area contributed by atoms with Gasteiger partial charge in [0.15, 0.2) is 9.84 Å². The Kier molecular flexibility index (Phi) is 4.37. The second kappa shape index (κ2) is 5.36. The van der Waals surface area contributed by atoms with Gasteiger partial charge in [-0.05, 0) is 31.5 Å². The Morgan fingerprint density at radius 1 is 1.19 bits per heavy atom. The van der Waals surface area contributed by atoms with Crippen LogP contribution in [0.4, 0.5) is 8.78 Å². The fraction of sp³-hybridized carbons (Fsp3) is 0.400. The molecular formula is C10H13F2NO2S. The maximum Gasteiger partial charge on any atom is 0.181 e. The SMILES string of the molecule is NCCCCS(=O)(=O)c1ccc(F)cc1F. The summed E-state index contributed by atoms with van der Waals surface area (Å²) in [5.74, 6) is -2.02. The number of rotatable bonds is 5. The molecule has 0 amide bonds. The average Bonchev–Trinajstić information content (AvgIpc) is 2.17. The largest absolute Gasteiger partial charge is 0.330 e. The minimum absolute atomic E-state index is 0.174. The van der Waals surface area contributed by atoms with Crippen molar-refractivity contribution in [2.75, 3.05) is 12.3 Å². The Morgan fingerprint density at radius 2 is 1.88 bits per heavy atom. The Hall–Kier alpha value is -1.01. The molecule has 0 aliphatic rings. The van der Waals surface area contributed by atoms with Gasteiger partial charge < -0.3 is 5.73 Å². The third-order valence-corrected chi connectivity index (χ3v) is 3.92. The van der Waals surface area contributed by atoms with Gasteiger partial charge in [-0.3, -0.25) is 0 Å². The number of halogens is 2. The second-order valence-corrected chi connectivity index (χ2v) is 5.47. The minimum Gasteiger partial charge on any atom is -0.330 e. The summed E-state index contributed by atoms with van der Waals surface area (Å²) >= 11 is 0. The highest BCUT2D eigenvalue weighted by Crippen LogP contribution is 2.17. The van der Waals surface area contributed by atoms with Crippen LogP contribution in [-0.2, 0) is 9.84 Å². The van der Waals surface area contributed by atoms with E-state index in [4.69, 9.17) is 5.73 Å². The van der Waals surface area contributed by atoms with Crippen molar-refractivity contribution in [3.8, 4) is 0 Å². The van der Waals surface area contributed by atoms with Crippen LogP contribution in [0.1, 0.15) is 12.8 Å². The van der Waals surface area contributed by atoms with E-state index < -0.39 is 26.4 Å². The lowest BCUT2D eigenvalue weighted by Gasteiger charge is -2.05. The van der Waals surface area contributed by atoms with Crippen LogP contribution in [0.15, 0.2) is 23.1 Å². The predicted molar refractivity (Wildman–Crippen MR) is 56.7 cm³/mol. The molecular weight excluding hydrogens is 236 g/mol. The van der Waals surface area contributed by atoms with Crippen molar-refractivity contribution in [3.63, 3.8) is 0 Å². The number of benzene rings is 1. The summed E-state index contributed by atoms with van der Waals surface area (Å²) in [4.78, 5) is -0.453. The maximum atomic E-state index is 13.2. The molecule has 0 atom stereocenters. The second-order valence-electron chi connectivity index (χ2n) is 3.39. The van der Waals surface area contributed by atoms with Crippen LogP contribution < -0.4 is 5.73 Å². The lowest BCUT2D eigenvalue weighted by atomic mass is 10.3. The molecule has 0 saturated heterocycles. The van der Waals surface area contributed by atoms with Crippen LogP contribution >= 0.6 is 0 Å². The fourth-order valence-corrected chi connectivity index (χ4v) is 2.71. The number of hydrogen-bond donors (Lipinski definition) is 1. The first-order valence-electron chi connectivity index (χ1n) is 4.85. The summed E-state index contributed by atoms with van der Waals surface area (Å²) in [6, 6.07) is 2.44. The molecule has 16 heavy (non-hydrogen) atoms. The van der Waals surface area contributed by atoms with Crippen molar-refractivity contribution < 1.29 is 17.2 Å². The maximum absolute atomic E-state index is 13.2. The molecule has 90 valence electrons. The first-order chi connectivity index (χ1) is 7.47. The monoisotopic (exact) mass is 249 g/mol. The van der Waals surface area contributed by atoms with Gasteiger partial charge in [-0.1, -0.05) is 0 Å². The molecule has 0 unspecified atom stereocenters. The summed E-state index contributed by atoms with van der Waals surface area (Å²) < 4.78 is 49.1. The first kappa shape index (κ1) is 13.1. The van der Waals surface area contributed by atoms with Crippen LogP contribution in [0.5, 0.6) is 0 Å². The van der Waals surface area contributed by atoms with E-state index in [0.717, 1.165) is 12.1 Å². The number of unbranched alkanes of at least 4 members (excludes halogenated alkanes) is 1. The lowest BCUT2D eigenvalue weighted by Crippen LogP contribution is -2.11. The zero-order valence-electron chi connectivity index (χ0n) is 8.62. The molecule has 1 rings (SSSR count). The van der Waals surface area contributed by atoms with Crippen LogP contribution in [0, 0.1) is 11.6 Å². The van der Waals surface area contributed by atoms with Crippen LogP contribution in [0.3, 0.4) is 0 Å². The fourth-order valence-electron chi connectivity index (χ4n) is 1.27. The Morgan fingerprint density at radius 3 is 2.44 bits per heavy atom. The molecule has 0 aliphatic heterocycles. The number of sulfone groups is 1. The quantitative estimate of drug-likeness (QED) is 0.635. The van der Waals surface area contributed by atoms with E-state index in [0.29, 0.717) is 25.5 Å². The normalized spacial score (nSPS) is 11.7. The summed E-state index contributed by atoms with van der Waals surface area (Å²) in [6.07, 6.45) is 0.928. The summed E-state index contributed by atoms with van der Waals surface area (Å²) in [6.45, 7) is 0.390. The molecule has 1 aromatic carbocycles. The van der Waals surface area contributed by atoms with Gasteiger partial charge in [-0.15, -0.1) is 0 Å². The Labute approximate surface area is 93.2 Å². The van der Waals surface area contributed by atoms with Crippen LogP contribution in [0.2, 0.25) is 0 Å². The van der Waals surface area contributed by atoms with E-state index in [1.165, 1.54) is 0 Å². The Balaban J connectivity index is 2.90. The highest BCUT2D eigenvalue weighted by Gasteiger charge is 2.18. The first-order valence-corrected chi connectivity index (χ1v) is 6.50. The summed E-state index contributed by atoms with van der Waals surface area (Å²) in [5.41, 5.74) is 5.23. The molecule has 0 aliphatic carbocycles. The summed E-state index contributed by atoms with van der Waals surface area (Å²) in [7, 11) is -3.68. The third kappa shape index (κ3) is 3.24. The third-order valence-electron chi connectivity index (χ3n) is 2.10. The van der Waals surface area contributed by atoms with Gasteiger partial charge in [0.2, 0.25) is 0 Å². The molecule has 0 saturated carbocycles. The molecule has 0 radical (unpaired) electrons. The van der Waals surface area contributed by atoms with Gasteiger partial charge in [-0.2, -0.15) is 0 Å². The van der Waals surface area contributed by atoms with Crippen molar-refractivity contribution in [2.24, 2.45) is 5.73 Å². The number of nitrogens with two attached hydrogens (primary N) is 1. The van der Waals surface area contributed by atoms with Crippen LogP contribution in [-0.4, -0.2) is 20.7 Å². The number of hydrogen-bond acceptors (Lipinski definition) is 3. The van der Waals surface area contributed by atoms with Gasteiger partial charge in [0, 0.05) is 6.07 Å². The van der Waals surface area contributed by atoms with E-state index in [1.807, 2.05) is 0 Å². The zero-order chi connectivity index (χ0) is 12.2. The molecule has 0 heterocycles. The van der Waals surface area contributed by atoms with E-state index in [2.05, 4.69) is 0 Å². The van der Waals surface area contributed by atoms with Crippen molar-refractivity contribution in [3.05, 3.63) is 29.8 Å². The molecule has 1 aromatic rings. The van der Waals surface area contributed by atoms with Gasteiger partial charge in [0.25, 0.3) is 0 Å². The van der Waals surface area contributed by atoms with Crippen LogP contribution in [0.25, 0.3) is 0 Å². The lowest BCUT2D eigenvalue weighted by molar-refractivity contribution is 0.548. The van der Waals surface area contributed by atoms with Gasteiger partial charge in [0.05, 0.1) is 5.75 Å². The van der Waals surface area contributed by atoms with Gasteiger partial charge in [-0.25, -0.2) is 17.2 Å². The smallest absolute Gasteiger partial charge is 0.181 e. The van der Waals surface area contributed by atoms with Crippen molar-refractivity contribution in [1.29, 1.82) is 0 Å². The standard InChI is InChI=1S/C10H13F2NO2S/c11-8-3-4-10(9(12)7-8)16(14,15)6-2-1-5-13/h3-4,7H,1-2,5-6,13H2. The highest BCUT2D eigenvalue weighted by atomic mass is 32.2. The molecule has 0 spiro atoms. The molecule has 2 N–H and O–H groups in total. The van der Waals surface area contributed by atoms with E-state index in [-0.39, 0.29) is 5.75 Å². The van der Waals surface area contributed by atoms with E-state index >= 15 is 0 Å². The minimum atomic E-state index is -3.68. The summed E-state index contributed by atoms with van der Waals surface area (Å²) in [5, 5.41) is 0. The topological polar surface area (TPSA) is 60.2 Å². The van der Waals surface area contributed by atoms with Gasteiger partial charge in [0.1, 0.15) is 16.5 Å². The molecule has 0 bridgehead atoms. The van der Waals surface area contributed by atoms with Crippen molar-refractivity contribution in [2.45, 2.75) is 17.7 Å². The molecule has 0 fully saturated rings. The van der Waals surface area contributed by atoms with E-state index in [1.54, 1.807) is 0 Å². The predicted octanol–water partition coefficient (Wildman–Crippen LogP) is 1.48. The van der Waals surface area contributed by atoms with Crippen molar-refractivity contribution >= 4 is 9.84 Å². The molecule has 6 heteroatoms. The average molecular weight is 249 g/mol. The molecule has 3 nitrogen and oxygen atoms in total. The van der Waals surface area contributed by atoms with Gasteiger partial charge >= 0.3 is 0 Å².